The average molecular weight is 336 g/mol. The number of hydrogen-bond acceptors (Lipinski definition) is 4. The molecule has 1 aromatic carbocycles. The maximum atomic E-state index is 12.4. The molecule has 2 rings (SSSR count). The molecule has 112 valence electrons. The van der Waals surface area contributed by atoms with Crippen LogP contribution in [0.15, 0.2) is 23.1 Å². The number of halogens is 1. The Kier molecular flexibility index (Phi) is 5.36. The summed E-state index contributed by atoms with van der Waals surface area (Å²) in [7, 11) is -3.57. The number of aliphatic hydroxyl groups is 1. The molecule has 0 bridgehead atoms. The summed E-state index contributed by atoms with van der Waals surface area (Å²) in [4.78, 5) is 0.151. The molecule has 1 aliphatic carbocycles. The highest BCUT2D eigenvalue weighted by Gasteiger charge is 2.30. The number of benzene rings is 1. The van der Waals surface area contributed by atoms with Gasteiger partial charge in [0.1, 0.15) is 0 Å². The van der Waals surface area contributed by atoms with Crippen molar-refractivity contribution in [3.8, 4) is 0 Å². The SMILES string of the molecule is CSC1CCCC1NS(=O)(=O)c1ccc(Cl)c(CO)c1. The number of aliphatic hydroxyl groups excluding tert-OH is 1. The van der Waals surface area contributed by atoms with Gasteiger partial charge in [-0.25, -0.2) is 13.1 Å². The van der Waals surface area contributed by atoms with Crippen LogP contribution in [0.4, 0.5) is 0 Å². The molecule has 0 amide bonds. The van der Waals surface area contributed by atoms with Gasteiger partial charge in [0.2, 0.25) is 10.0 Å². The third-order valence-electron chi connectivity index (χ3n) is 3.56. The highest BCUT2D eigenvalue weighted by atomic mass is 35.5. The Hall–Kier alpha value is -0.270. The quantitative estimate of drug-likeness (QED) is 0.867. The van der Waals surface area contributed by atoms with Crippen LogP contribution in [0, 0.1) is 0 Å². The van der Waals surface area contributed by atoms with Gasteiger partial charge < -0.3 is 5.11 Å². The van der Waals surface area contributed by atoms with Crippen molar-refractivity contribution >= 4 is 33.4 Å². The van der Waals surface area contributed by atoms with Crippen LogP contribution in [0.5, 0.6) is 0 Å². The molecule has 2 unspecified atom stereocenters. The Labute approximate surface area is 129 Å². The van der Waals surface area contributed by atoms with Crippen molar-refractivity contribution in [1.29, 1.82) is 0 Å². The van der Waals surface area contributed by atoms with E-state index >= 15 is 0 Å². The van der Waals surface area contributed by atoms with Crippen molar-refractivity contribution in [2.24, 2.45) is 0 Å². The molecular weight excluding hydrogens is 318 g/mol. The van der Waals surface area contributed by atoms with Crippen LogP contribution in [0.3, 0.4) is 0 Å². The first-order valence-corrected chi connectivity index (χ1v) is 9.57. The van der Waals surface area contributed by atoms with E-state index in [0.29, 0.717) is 15.8 Å². The topological polar surface area (TPSA) is 66.4 Å². The van der Waals surface area contributed by atoms with E-state index in [-0.39, 0.29) is 17.5 Å². The summed E-state index contributed by atoms with van der Waals surface area (Å²) in [5.41, 5.74) is 0.419. The monoisotopic (exact) mass is 335 g/mol. The molecule has 0 heterocycles. The highest BCUT2D eigenvalue weighted by molar-refractivity contribution is 7.99. The summed E-state index contributed by atoms with van der Waals surface area (Å²) < 4.78 is 27.5. The van der Waals surface area contributed by atoms with Crippen molar-refractivity contribution in [3.05, 3.63) is 28.8 Å². The Balaban J connectivity index is 2.22. The lowest BCUT2D eigenvalue weighted by Crippen LogP contribution is -2.38. The van der Waals surface area contributed by atoms with Crippen molar-refractivity contribution in [2.45, 2.75) is 42.1 Å². The molecule has 20 heavy (non-hydrogen) atoms. The van der Waals surface area contributed by atoms with Crippen LogP contribution in [0.2, 0.25) is 5.02 Å². The van der Waals surface area contributed by atoms with Gasteiger partial charge in [-0.1, -0.05) is 18.0 Å². The van der Waals surface area contributed by atoms with Crippen LogP contribution in [0.1, 0.15) is 24.8 Å². The molecule has 4 nitrogen and oxygen atoms in total. The van der Waals surface area contributed by atoms with E-state index in [1.165, 1.54) is 18.2 Å². The Morgan fingerprint density at radius 3 is 2.85 bits per heavy atom. The van der Waals surface area contributed by atoms with Crippen LogP contribution in [-0.2, 0) is 16.6 Å². The molecule has 0 radical (unpaired) electrons. The van der Waals surface area contributed by atoms with Gasteiger partial charge in [-0.05, 0) is 42.9 Å². The first-order valence-electron chi connectivity index (χ1n) is 6.42. The third kappa shape index (κ3) is 3.49. The van der Waals surface area contributed by atoms with E-state index in [1.807, 2.05) is 6.26 Å². The molecule has 2 atom stereocenters. The molecular formula is C13H18ClNO3S2. The zero-order valence-electron chi connectivity index (χ0n) is 11.2. The minimum atomic E-state index is -3.57. The maximum absolute atomic E-state index is 12.4. The summed E-state index contributed by atoms with van der Waals surface area (Å²) in [5, 5.41) is 9.87. The second kappa shape index (κ2) is 6.66. The standard InChI is InChI=1S/C13H18ClNO3S2/c1-19-13-4-2-3-12(13)15-20(17,18)10-5-6-11(14)9(7-10)8-16/h5-7,12-13,15-16H,2-4,8H2,1H3. The van der Waals surface area contributed by atoms with E-state index in [9.17, 15) is 8.42 Å². The van der Waals surface area contributed by atoms with Gasteiger partial charge in [0.25, 0.3) is 0 Å². The zero-order chi connectivity index (χ0) is 14.8. The first-order chi connectivity index (χ1) is 9.47. The zero-order valence-corrected chi connectivity index (χ0v) is 13.6. The molecule has 1 fully saturated rings. The van der Waals surface area contributed by atoms with Gasteiger partial charge >= 0.3 is 0 Å². The lowest BCUT2D eigenvalue weighted by atomic mass is 10.2. The van der Waals surface area contributed by atoms with E-state index in [4.69, 9.17) is 16.7 Å². The summed E-state index contributed by atoms with van der Waals surface area (Å²) in [5.74, 6) is 0. The van der Waals surface area contributed by atoms with Gasteiger partial charge in [-0.3, -0.25) is 0 Å². The Morgan fingerprint density at radius 2 is 2.20 bits per heavy atom. The highest BCUT2D eigenvalue weighted by Crippen LogP contribution is 2.30. The fourth-order valence-electron chi connectivity index (χ4n) is 2.45. The molecule has 1 saturated carbocycles. The van der Waals surface area contributed by atoms with Crippen molar-refractivity contribution in [3.63, 3.8) is 0 Å². The lowest BCUT2D eigenvalue weighted by molar-refractivity contribution is 0.281. The lowest BCUT2D eigenvalue weighted by Gasteiger charge is -2.19. The molecule has 0 aliphatic heterocycles. The van der Waals surface area contributed by atoms with Gasteiger partial charge in [0.15, 0.2) is 0 Å². The van der Waals surface area contributed by atoms with Gasteiger partial charge in [0.05, 0.1) is 11.5 Å². The maximum Gasteiger partial charge on any atom is 0.240 e. The van der Waals surface area contributed by atoms with E-state index in [1.54, 1.807) is 11.8 Å². The normalized spacial score (nSPS) is 23.1. The minimum Gasteiger partial charge on any atom is -0.392 e. The largest absolute Gasteiger partial charge is 0.392 e. The van der Waals surface area contributed by atoms with E-state index < -0.39 is 10.0 Å². The summed E-state index contributed by atoms with van der Waals surface area (Å²) in [6, 6.07) is 4.37. The Bertz CT molecular complexity index is 577. The van der Waals surface area contributed by atoms with Crippen LogP contribution in [-0.4, -0.2) is 31.1 Å². The second-order valence-corrected chi connectivity index (χ2v) is 8.04. The predicted octanol–water partition coefficient (Wildman–Crippen LogP) is 2.39. The number of nitrogens with one attached hydrogen (secondary N) is 1. The summed E-state index contributed by atoms with van der Waals surface area (Å²) in [6.07, 6.45) is 4.95. The fourth-order valence-corrected chi connectivity index (χ4v) is 5.01. The molecule has 1 aliphatic rings. The van der Waals surface area contributed by atoms with Crippen LogP contribution < -0.4 is 4.72 Å². The number of thioether (sulfide) groups is 1. The molecule has 7 heteroatoms. The smallest absolute Gasteiger partial charge is 0.240 e. The van der Waals surface area contributed by atoms with Crippen molar-refractivity contribution in [2.75, 3.05) is 6.26 Å². The third-order valence-corrected chi connectivity index (χ3v) is 6.59. The first kappa shape index (κ1) is 16.1. The van der Waals surface area contributed by atoms with Crippen molar-refractivity contribution in [1.82, 2.24) is 4.72 Å². The minimum absolute atomic E-state index is 0.0248. The molecule has 1 aromatic rings. The fraction of sp³-hybridized carbons (Fsp3) is 0.538. The number of hydrogen-bond donors (Lipinski definition) is 2. The molecule has 2 N–H and O–H groups in total. The molecule has 0 saturated heterocycles. The van der Waals surface area contributed by atoms with Crippen molar-refractivity contribution < 1.29 is 13.5 Å². The summed E-state index contributed by atoms with van der Waals surface area (Å²) >= 11 is 7.58. The predicted molar refractivity (Wildman–Crippen MR) is 82.6 cm³/mol. The van der Waals surface area contributed by atoms with Gasteiger partial charge in [0, 0.05) is 16.3 Å². The second-order valence-electron chi connectivity index (χ2n) is 4.84. The van der Waals surface area contributed by atoms with E-state index in [0.717, 1.165) is 19.3 Å². The van der Waals surface area contributed by atoms with Crippen LogP contribution >= 0.6 is 23.4 Å². The summed E-state index contributed by atoms with van der Waals surface area (Å²) in [6.45, 7) is -0.279. The van der Waals surface area contributed by atoms with Crippen LogP contribution in [0.25, 0.3) is 0 Å². The van der Waals surface area contributed by atoms with Gasteiger partial charge in [-0.2, -0.15) is 11.8 Å². The molecule has 0 aromatic heterocycles. The number of sulfonamides is 1. The Morgan fingerprint density at radius 1 is 1.45 bits per heavy atom. The van der Waals surface area contributed by atoms with E-state index in [2.05, 4.69) is 4.72 Å². The van der Waals surface area contributed by atoms with Gasteiger partial charge in [-0.15, -0.1) is 0 Å². The average Bonchev–Trinajstić information content (AvgIpc) is 2.85. The molecule has 0 spiro atoms. The number of rotatable bonds is 5.